The Kier molecular flexibility index (Phi) is 9.50. The fourth-order valence-electron chi connectivity index (χ4n) is 3.53. The number of H-pyrrole nitrogens is 1. The van der Waals surface area contributed by atoms with Crippen LogP contribution >= 0.6 is 23.2 Å². The van der Waals surface area contributed by atoms with Crippen molar-refractivity contribution in [3.05, 3.63) is 86.8 Å². The number of ether oxygens (including phenoxy) is 2. The number of anilines is 2. The Bertz CT molecular complexity index is 1270. The lowest BCUT2D eigenvalue weighted by Crippen LogP contribution is -2.25. The fraction of sp³-hybridized carbons (Fsp3) is 0.308. The number of nitrogens with one attached hydrogen (secondary N) is 2. The van der Waals surface area contributed by atoms with Crippen molar-refractivity contribution in [2.45, 2.75) is 39.7 Å². The maximum absolute atomic E-state index is 12.5. The number of esters is 2. The number of carbonyl (C=O) groups is 2. The highest BCUT2D eigenvalue weighted by atomic mass is 35.5. The molecule has 0 aliphatic rings. The van der Waals surface area contributed by atoms with Crippen molar-refractivity contribution in [3.8, 4) is 0 Å². The summed E-state index contributed by atoms with van der Waals surface area (Å²) >= 11 is 12.5. The van der Waals surface area contributed by atoms with Crippen LogP contribution in [-0.2, 0) is 20.7 Å². The molecule has 0 bridgehead atoms. The molecule has 2 atom stereocenters. The SMILES string of the molecule is Cc1c[nH]c(C(=O)OC(C)CC(C)COC(=O)Cc2ccccc2Nc2c(Cl)cccc2Cl)c[n+]1=O. The summed E-state index contributed by atoms with van der Waals surface area (Å²) in [5.41, 5.74) is 2.49. The van der Waals surface area contributed by atoms with E-state index in [1.165, 1.54) is 6.20 Å². The molecule has 1 aromatic heterocycles. The molecule has 2 unspecified atom stereocenters. The first-order chi connectivity index (χ1) is 17.1. The van der Waals surface area contributed by atoms with Gasteiger partial charge in [-0.3, -0.25) is 4.79 Å². The number of halogens is 2. The van der Waals surface area contributed by atoms with Crippen molar-refractivity contribution < 1.29 is 23.5 Å². The van der Waals surface area contributed by atoms with Crippen molar-refractivity contribution in [2.75, 3.05) is 11.9 Å². The van der Waals surface area contributed by atoms with E-state index in [0.717, 1.165) is 11.8 Å². The average molecular weight is 533 g/mol. The molecule has 8 nitrogen and oxygen atoms in total. The van der Waals surface area contributed by atoms with Gasteiger partial charge in [-0.1, -0.05) is 54.4 Å². The van der Waals surface area contributed by atoms with E-state index in [1.807, 2.05) is 31.2 Å². The second kappa shape index (κ2) is 12.6. The first-order valence-corrected chi connectivity index (χ1v) is 12.2. The van der Waals surface area contributed by atoms with E-state index in [-0.39, 0.29) is 30.6 Å². The summed E-state index contributed by atoms with van der Waals surface area (Å²) < 4.78 is 11.5. The highest BCUT2D eigenvalue weighted by Gasteiger charge is 2.20. The Balaban J connectivity index is 1.50. The van der Waals surface area contributed by atoms with Crippen LogP contribution < -0.4 is 9.74 Å². The van der Waals surface area contributed by atoms with Crippen LogP contribution in [0.5, 0.6) is 0 Å². The molecular formula is C26H28Cl2N3O5+. The molecule has 0 amide bonds. The molecule has 0 radical (unpaired) electrons. The summed E-state index contributed by atoms with van der Waals surface area (Å²) in [4.78, 5) is 39.2. The molecule has 36 heavy (non-hydrogen) atoms. The Morgan fingerprint density at radius 3 is 2.47 bits per heavy atom. The van der Waals surface area contributed by atoms with Gasteiger partial charge in [0.05, 0.1) is 45.5 Å². The lowest BCUT2D eigenvalue weighted by atomic mass is 10.1. The van der Waals surface area contributed by atoms with Gasteiger partial charge < -0.3 is 19.8 Å². The molecule has 0 saturated carbocycles. The maximum atomic E-state index is 12.5. The van der Waals surface area contributed by atoms with Crippen molar-refractivity contribution >= 4 is 46.5 Å². The van der Waals surface area contributed by atoms with Crippen molar-refractivity contribution in [1.82, 2.24) is 4.98 Å². The molecular weight excluding hydrogens is 505 g/mol. The first kappa shape index (κ1) is 27.2. The molecule has 0 saturated heterocycles. The van der Waals surface area contributed by atoms with Gasteiger partial charge in [0.25, 0.3) is 11.9 Å². The summed E-state index contributed by atoms with van der Waals surface area (Å²) in [6.45, 7) is 5.44. The number of hydrogen-bond acceptors (Lipinski definition) is 6. The number of hydrogen-bond donors (Lipinski definition) is 2. The highest BCUT2D eigenvalue weighted by Crippen LogP contribution is 2.33. The number of aryl methyl sites for hydroxylation is 1. The van der Waals surface area contributed by atoms with E-state index < -0.39 is 12.1 Å². The molecule has 1 heterocycles. The number of aromatic amines is 1. The van der Waals surface area contributed by atoms with Gasteiger partial charge in [-0.25, -0.2) is 4.79 Å². The minimum absolute atomic E-state index is 0.0565. The Morgan fingerprint density at radius 1 is 1.08 bits per heavy atom. The molecule has 190 valence electrons. The van der Waals surface area contributed by atoms with Crippen LogP contribution in [0.1, 0.15) is 42.0 Å². The zero-order valence-corrected chi connectivity index (χ0v) is 21.7. The highest BCUT2D eigenvalue weighted by molar-refractivity contribution is 6.39. The number of para-hydroxylation sites is 2. The third kappa shape index (κ3) is 7.57. The van der Waals surface area contributed by atoms with Crippen LogP contribution in [0, 0.1) is 17.7 Å². The van der Waals surface area contributed by atoms with E-state index in [2.05, 4.69) is 10.3 Å². The standard InChI is InChI=1S/C26H28Cl2N3O5/c1-16(11-18(3)36-26(33)23-14-31(34)17(2)13-29-23)15-35-24(32)12-19-7-4-5-10-22(19)30-25-20(27)8-6-9-21(25)28/h4-10,13-14,16,18,30H,11-12,15H2,1-3H3,(H,29,34)/q+1. The summed E-state index contributed by atoms with van der Waals surface area (Å²) in [6, 6.07) is 12.5. The van der Waals surface area contributed by atoms with Gasteiger partial charge in [0, 0.05) is 17.5 Å². The Morgan fingerprint density at radius 2 is 1.78 bits per heavy atom. The number of carbonyl (C=O) groups excluding carboxylic acids is 2. The number of aromatic nitrogens is 2. The van der Waals surface area contributed by atoms with Crippen molar-refractivity contribution in [2.24, 2.45) is 5.92 Å². The topological polar surface area (TPSA) is 103 Å². The molecule has 0 aliphatic heterocycles. The number of benzene rings is 2. The van der Waals surface area contributed by atoms with Gasteiger partial charge in [-0.15, -0.1) is 0 Å². The minimum atomic E-state index is -0.626. The second-order valence-corrected chi connectivity index (χ2v) is 9.41. The van der Waals surface area contributed by atoms with Crippen LogP contribution in [0.25, 0.3) is 0 Å². The molecule has 0 fully saturated rings. The Hall–Kier alpha value is -3.36. The zero-order chi connectivity index (χ0) is 26.2. The van der Waals surface area contributed by atoms with E-state index in [0.29, 0.717) is 38.0 Å². The fourth-order valence-corrected chi connectivity index (χ4v) is 4.02. The monoisotopic (exact) mass is 532 g/mol. The van der Waals surface area contributed by atoms with Gasteiger partial charge in [0.2, 0.25) is 0 Å². The summed E-state index contributed by atoms with van der Waals surface area (Å²) in [5, 5.41) is 4.14. The van der Waals surface area contributed by atoms with Gasteiger partial charge >= 0.3 is 11.9 Å². The molecule has 2 aromatic carbocycles. The van der Waals surface area contributed by atoms with E-state index in [4.69, 9.17) is 32.7 Å². The molecule has 2 N–H and O–H groups in total. The molecule has 3 rings (SSSR count). The van der Waals surface area contributed by atoms with Gasteiger partial charge in [0.1, 0.15) is 0 Å². The summed E-state index contributed by atoms with van der Waals surface area (Å²) in [5.74, 6) is -1.07. The number of nitrogens with zero attached hydrogens (tertiary/aromatic N) is 1. The maximum Gasteiger partial charge on any atom is 0.361 e. The van der Waals surface area contributed by atoms with Crippen LogP contribution in [0.2, 0.25) is 10.0 Å². The van der Waals surface area contributed by atoms with E-state index >= 15 is 0 Å². The summed E-state index contributed by atoms with van der Waals surface area (Å²) in [7, 11) is 0. The molecule has 0 spiro atoms. The van der Waals surface area contributed by atoms with E-state index in [9.17, 15) is 14.5 Å². The van der Waals surface area contributed by atoms with Gasteiger partial charge in [-0.2, -0.15) is 0 Å². The smallest absolute Gasteiger partial charge is 0.361 e. The first-order valence-electron chi connectivity index (χ1n) is 11.4. The largest absolute Gasteiger partial charge is 0.465 e. The van der Waals surface area contributed by atoms with Crippen LogP contribution in [0.4, 0.5) is 11.4 Å². The number of rotatable bonds is 10. The van der Waals surface area contributed by atoms with Crippen LogP contribution in [0.15, 0.2) is 54.9 Å². The van der Waals surface area contributed by atoms with Crippen LogP contribution in [-0.4, -0.2) is 29.6 Å². The third-order valence-corrected chi connectivity index (χ3v) is 6.03. The predicted octanol–water partition coefficient (Wildman–Crippen LogP) is 5.65. The van der Waals surface area contributed by atoms with Gasteiger partial charge in [-0.05, 0) is 43.0 Å². The second-order valence-electron chi connectivity index (χ2n) is 8.59. The lowest BCUT2D eigenvalue weighted by molar-refractivity contribution is -0.503. The molecule has 3 aromatic rings. The molecule has 10 heteroatoms. The normalized spacial score (nSPS) is 12.5. The quantitative estimate of drug-likeness (QED) is 0.258. The van der Waals surface area contributed by atoms with Gasteiger partial charge in [0.15, 0.2) is 5.69 Å². The Labute approximate surface area is 219 Å². The zero-order valence-electron chi connectivity index (χ0n) is 20.2. The molecule has 0 aliphatic carbocycles. The lowest BCUT2D eigenvalue weighted by Gasteiger charge is -2.18. The van der Waals surface area contributed by atoms with Crippen molar-refractivity contribution in [1.29, 1.82) is 0 Å². The van der Waals surface area contributed by atoms with Crippen molar-refractivity contribution in [3.63, 3.8) is 0 Å². The van der Waals surface area contributed by atoms with Crippen LogP contribution in [0.3, 0.4) is 0 Å². The summed E-state index contributed by atoms with van der Waals surface area (Å²) in [6.07, 6.45) is 2.67. The predicted molar refractivity (Wildman–Crippen MR) is 138 cm³/mol. The van der Waals surface area contributed by atoms with E-state index in [1.54, 1.807) is 32.0 Å². The average Bonchev–Trinajstić information content (AvgIpc) is 2.83. The third-order valence-electron chi connectivity index (χ3n) is 5.40. The minimum Gasteiger partial charge on any atom is -0.465 e.